The zero-order chi connectivity index (χ0) is 9.90. The normalized spacial score (nSPS) is 14.5. The number of aromatic nitrogens is 1. The standard InChI is InChI=1S/C9H16N2OS/c1-7(8-5-10-6-13-8)11-12-9(2,3)4/h5-7,11H,1-4H3. The van der Waals surface area contributed by atoms with Crippen molar-refractivity contribution in [2.45, 2.75) is 39.3 Å². The fourth-order valence-corrected chi connectivity index (χ4v) is 1.38. The van der Waals surface area contributed by atoms with Gasteiger partial charge in [-0.15, -0.1) is 11.3 Å². The highest BCUT2D eigenvalue weighted by Gasteiger charge is 2.13. The van der Waals surface area contributed by atoms with Crippen molar-refractivity contribution in [1.29, 1.82) is 0 Å². The average Bonchev–Trinajstić information content (AvgIpc) is 2.50. The number of nitrogens with zero attached hydrogens (tertiary/aromatic N) is 1. The second-order valence-corrected chi connectivity index (χ2v) is 4.88. The van der Waals surface area contributed by atoms with Crippen molar-refractivity contribution < 1.29 is 4.84 Å². The molecule has 0 amide bonds. The molecule has 0 aliphatic carbocycles. The first-order chi connectivity index (χ1) is 5.99. The molecule has 1 aromatic heterocycles. The van der Waals surface area contributed by atoms with Crippen molar-refractivity contribution in [3.63, 3.8) is 0 Å². The topological polar surface area (TPSA) is 34.1 Å². The van der Waals surface area contributed by atoms with Crippen LogP contribution in [-0.4, -0.2) is 10.6 Å². The molecule has 1 rings (SSSR count). The van der Waals surface area contributed by atoms with E-state index in [4.69, 9.17) is 4.84 Å². The lowest BCUT2D eigenvalue weighted by atomic mass is 10.2. The largest absolute Gasteiger partial charge is 0.295 e. The maximum Gasteiger partial charge on any atom is 0.0813 e. The lowest BCUT2D eigenvalue weighted by Gasteiger charge is -2.22. The maximum absolute atomic E-state index is 5.44. The van der Waals surface area contributed by atoms with Gasteiger partial charge in [0.1, 0.15) is 0 Å². The Hall–Kier alpha value is -0.450. The van der Waals surface area contributed by atoms with Crippen molar-refractivity contribution in [1.82, 2.24) is 10.5 Å². The molecule has 1 unspecified atom stereocenters. The van der Waals surface area contributed by atoms with E-state index in [1.54, 1.807) is 11.3 Å². The third-order valence-corrected chi connectivity index (χ3v) is 2.38. The minimum Gasteiger partial charge on any atom is -0.295 e. The van der Waals surface area contributed by atoms with Crippen LogP contribution in [0.1, 0.15) is 38.6 Å². The van der Waals surface area contributed by atoms with Gasteiger partial charge in [-0.05, 0) is 27.7 Å². The Morgan fingerprint density at radius 2 is 2.23 bits per heavy atom. The SMILES string of the molecule is CC(NOC(C)(C)C)c1cncs1. The number of hydrogen-bond acceptors (Lipinski definition) is 4. The molecule has 1 atom stereocenters. The molecule has 1 N–H and O–H groups in total. The Labute approximate surface area is 83.1 Å². The van der Waals surface area contributed by atoms with Gasteiger partial charge >= 0.3 is 0 Å². The van der Waals surface area contributed by atoms with E-state index in [-0.39, 0.29) is 11.6 Å². The molecule has 0 spiro atoms. The quantitative estimate of drug-likeness (QED) is 0.761. The van der Waals surface area contributed by atoms with E-state index in [0.717, 1.165) is 0 Å². The van der Waals surface area contributed by atoms with Crippen molar-refractivity contribution in [2.75, 3.05) is 0 Å². The molecular formula is C9H16N2OS. The Balaban J connectivity index is 2.39. The minimum atomic E-state index is -0.154. The lowest BCUT2D eigenvalue weighted by molar-refractivity contribution is -0.0862. The third kappa shape index (κ3) is 3.85. The van der Waals surface area contributed by atoms with E-state index >= 15 is 0 Å². The molecule has 0 aromatic carbocycles. The summed E-state index contributed by atoms with van der Waals surface area (Å²) in [7, 11) is 0. The smallest absolute Gasteiger partial charge is 0.0813 e. The predicted octanol–water partition coefficient (Wildman–Crippen LogP) is 2.52. The summed E-state index contributed by atoms with van der Waals surface area (Å²) < 4.78 is 0. The molecule has 0 saturated carbocycles. The van der Waals surface area contributed by atoms with Gasteiger partial charge in [0, 0.05) is 11.1 Å². The molecule has 74 valence electrons. The van der Waals surface area contributed by atoms with E-state index in [0.29, 0.717) is 0 Å². The number of nitrogens with one attached hydrogen (secondary N) is 1. The van der Waals surface area contributed by atoms with Gasteiger partial charge in [-0.25, -0.2) is 0 Å². The Morgan fingerprint density at radius 3 is 2.69 bits per heavy atom. The highest BCUT2D eigenvalue weighted by Crippen LogP contribution is 2.17. The van der Waals surface area contributed by atoms with Gasteiger partial charge in [0.05, 0.1) is 17.2 Å². The second-order valence-electron chi connectivity index (χ2n) is 3.96. The first kappa shape index (κ1) is 10.6. The van der Waals surface area contributed by atoms with Gasteiger partial charge in [-0.3, -0.25) is 9.82 Å². The van der Waals surface area contributed by atoms with Crippen molar-refractivity contribution in [3.8, 4) is 0 Å². The van der Waals surface area contributed by atoms with E-state index in [9.17, 15) is 0 Å². The molecule has 0 fully saturated rings. The fraction of sp³-hybridized carbons (Fsp3) is 0.667. The van der Waals surface area contributed by atoms with Gasteiger partial charge in [0.2, 0.25) is 0 Å². The van der Waals surface area contributed by atoms with E-state index in [1.165, 1.54) is 4.88 Å². The van der Waals surface area contributed by atoms with Crippen molar-refractivity contribution in [3.05, 3.63) is 16.6 Å². The van der Waals surface area contributed by atoms with Gasteiger partial charge in [-0.1, -0.05) is 0 Å². The van der Waals surface area contributed by atoms with Gasteiger partial charge in [0.15, 0.2) is 0 Å². The maximum atomic E-state index is 5.44. The van der Waals surface area contributed by atoms with E-state index in [1.807, 2.05) is 32.5 Å². The zero-order valence-electron chi connectivity index (χ0n) is 8.50. The molecule has 0 saturated heterocycles. The summed E-state index contributed by atoms with van der Waals surface area (Å²) in [5.74, 6) is 0. The number of hydroxylamine groups is 1. The highest BCUT2D eigenvalue weighted by molar-refractivity contribution is 7.09. The summed E-state index contributed by atoms with van der Waals surface area (Å²) in [6, 6.07) is 0.201. The summed E-state index contributed by atoms with van der Waals surface area (Å²) in [6.45, 7) is 8.09. The summed E-state index contributed by atoms with van der Waals surface area (Å²) in [5.41, 5.74) is 4.67. The van der Waals surface area contributed by atoms with Crippen LogP contribution in [0.3, 0.4) is 0 Å². The van der Waals surface area contributed by atoms with Crippen LogP contribution in [0.15, 0.2) is 11.7 Å². The molecule has 1 heterocycles. The first-order valence-corrected chi connectivity index (χ1v) is 5.19. The van der Waals surface area contributed by atoms with Crippen LogP contribution in [0.4, 0.5) is 0 Å². The van der Waals surface area contributed by atoms with Crippen LogP contribution in [0, 0.1) is 0 Å². The number of hydrogen-bond donors (Lipinski definition) is 1. The molecule has 0 aliphatic rings. The summed E-state index contributed by atoms with van der Waals surface area (Å²) in [5, 5.41) is 0. The monoisotopic (exact) mass is 200 g/mol. The van der Waals surface area contributed by atoms with Crippen LogP contribution < -0.4 is 5.48 Å². The molecule has 1 aromatic rings. The highest BCUT2D eigenvalue weighted by atomic mass is 32.1. The minimum absolute atomic E-state index is 0.154. The third-order valence-electron chi connectivity index (χ3n) is 1.42. The van der Waals surface area contributed by atoms with Crippen LogP contribution in [0.25, 0.3) is 0 Å². The summed E-state index contributed by atoms with van der Waals surface area (Å²) >= 11 is 1.63. The molecule has 0 bridgehead atoms. The zero-order valence-corrected chi connectivity index (χ0v) is 9.31. The van der Waals surface area contributed by atoms with Crippen molar-refractivity contribution in [2.24, 2.45) is 0 Å². The second kappa shape index (κ2) is 4.17. The van der Waals surface area contributed by atoms with Gasteiger partial charge in [0.25, 0.3) is 0 Å². The number of thiazole rings is 1. The average molecular weight is 200 g/mol. The van der Waals surface area contributed by atoms with E-state index in [2.05, 4.69) is 17.4 Å². The predicted molar refractivity (Wildman–Crippen MR) is 54.5 cm³/mol. The molecule has 0 aliphatic heterocycles. The molecular weight excluding hydrogens is 184 g/mol. The summed E-state index contributed by atoms with van der Waals surface area (Å²) in [6.07, 6.45) is 1.86. The van der Waals surface area contributed by atoms with Crippen molar-refractivity contribution >= 4 is 11.3 Å². The molecule has 13 heavy (non-hydrogen) atoms. The van der Waals surface area contributed by atoms with Gasteiger partial charge in [-0.2, -0.15) is 5.48 Å². The first-order valence-electron chi connectivity index (χ1n) is 4.31. The number of rotatable bonds is 3. The summed E-state index contributed by atoms with van der Waals surface area (Å²) in [4.78, 5) is 10.6. The van der Waals surface area contributed by atoms with Gasteiger partial charge < -0.3 is 0 Å². The van der Waals surface area contributed by atoms with Crippen LogP contribution in [0.2, 0.25) is 0 Å². The van der Waals surface area contributed by atoms with E-state index < -0.39 is 0 Å². The van der Waals surface area contributed by atoms with Crippen LogP contribution >= 0.6 is 11.3 Å². The Morgan fingerprint density at radius 1 is 1.54 bits per heavy atom. The lowest BCUT2D eigenvalue weighted by Crippen LogP contribution is -2.30. The Kier molecular flexibility index (Phi) is 3.41. The Bertz CT molecular complexity index is 241. The molecule has 4 heteroatoms. The molecule has 0 radical (unpaired) electrons. The van der Waals surface area contributed by atoms with Crippen LogP contribution in [-0.2, 0) is 4.84 Å². The molecule has 3 nitrogen and oxygen atoms in total. The van der Waals surface area contributed by atoms with Crippen LogP contribution in [0.5, 0.6) is 0 Å². The fourth-order valence-electron chi connectivity index (χ4n) is 0.763.